The molecular weight excluding hydrogens is 220 g/mol. The van der Waals surface area contributed by atoms with Gasteiger partial charge in [0.2, 0.25) is 0 Å². The molecule has 0 aromatic heterocycles. The largest absolute Gasteiger partial charge is 0.316 e. The highest BCUT2D eigenvalue weighted by molar-refractivity contribution is 4.84. The molecule has 2 aliphatic heterocycles. The Hall–Kier alpha value is -0.0800. The van der Waals surface area contributed by atoms with Gasteiger partial charge in [-0.3, -0.25) is 0 Å². The van der Waals surface area contributed by atoms with Crippen LogP contribution in [-0.2, 0) is 0 Å². The monoisotopic (exact) mass is 252 g/mol. The Morgan fingerprint density at radius 1 is 1.22 bits per heavy atom. The first kappa shape index (κ1) is 14.3. The Kier molecular flexibility index (Phi) is 5.50. The van der Waals surface area contributed by atoms with Crippen molar-refractivity contribution < 1.29 is 0 Å². The zero-order valence-corrected chi connectivity index (χ0v) is 12.6. The van der Waals surface area contributed by atoms with E-state index in [4.69, 9.17) is 0 Å². The van der Waals surface area contributed by atoms with Crippen molar-refractivity contribution in [3.8, 4) is 0 Å². The number of hydrogen-bond donors (Lipinski definition) is 1. The van der Waals surface area contributed by atoms with E-state index in [2.05, 4.69) is 31.0 Å². The molecule has 2 saturated heterocycles. The van der Waals surface area contributed by atoms with E-state index in [1.54, 1.807) is 0 Å². The van der Waals surface area contributed by atoms with Crippen molar-refractivity contribution in [1.82, 2.24) is 10.2 Å². The van der Waals surface area contributed by atoms with Crippen LogP contribution in [0.3, 0.4) is 0 Å². The first-order chi connectivity index (χ1) is 8.70. The summed E-state index contributed by atoms with van der Waals surface area (Å²) in [6.45, 7) is 13.7. The Bertz CT molecular complexity index is 241. The molecule has 18 heavy (non-hydrogen) atoms. The lowest BCUT2D eigenvalue weighted by molar-refractivity contribution is 0.162. The number of rotatable bonds is 2. The Balaban J connectivity index is 2.02. The van der Waals surface area contributed by atoms with Gasteiger partial charge in [0, 0.05) is 6.54 Å². The van der Waals surface area contributed by atoms with Gasteiger partial charge >= 0.3 is 0 Å². The summed E-state index contributed by atoms with van der Waals surface area (Å²) in [7, 11) is 0. The van der Waals surface area contributed by atoms with Gasteiger partial charge in [-0.2, -0.15) is 0 Å². The fraction of sp³-hybridized carbons (Fsp3) is 1.00. The van der Waals surface area contributed by atoms with E-state index in [0.717, 1.165) is 23.7 Å². The van der Waals surface area contributed by atoms with Crippen LogP contribution in [-0.4, -0.2) is 37.6 Å². The van der Waals surface area contributed by atoms with Crippen molar-refractivity contribution in [3.63, 3.8) is 0 Å². The smallest absolute Gasteiger partial charge is 0.00152 e. The molecule has 0 radical (unpaired) electrons. The number of likely N-dealkylation sites (tertiary alicyclic amines) is 1. The molecule has 2 fully saturated rings. The number of hydrogen-bond acceptors (Lipinski definition) is 2. The fourth-order valence-corrected chi connectivity index (χ4v) is 4.00. The van der Waals surface area contributed by atoms with Gasteiger partial charge in [0.1, 0.15) is 0 Å². The summed E-state index contributed by atoms with van der Waals surface area (Å²) >= 11 is 0. The lowest BCUT2D eigenvalue weighted by atomic mass is 9.77. The SMILES string of the molecule is CCN1CCC[C@@H](C)C(C2CNCC[C@@H](C)C2)C1. The molecule has 2 heterocycles. The first-order valence-electron chi connectivity index (χ1n) is 8.13. The van der Waals surface area contributed by atoms with Crippen LogP contribution in [0.15, 0.2) is 0 Å². The minimum atomic E-state index is 0.907. The predicted molar refractivity (Wildman–Crippen MR) is 78.8 cm³/mol. The third-order valence-corrected chi connectivity index (χ3v) is 5.31. The number of nitrogens with one attached hydrogen (secondary N) is 1. The maximum Gasteiger partial charge on any atom is 0.00152 e. The predicted octanol–water partition coefficient (Wildman–Crippen LogP) is 2.99. The molecule has 2 rings (SSSR count). The average Bonchev–Trinajstić information content (AvgIpc) is 2.67. The maximum atomic E-state index is 3.68. The van der Waals surface area contributed by atoms with Gasteiger partial charge in [-0.25, -0.2) is 0 Å². The normalized spacial score (nSPS) is 40.2. The van der Waals surface area contributed by atoms with Crippen LogP contribution >= 0.6 is 0 Å². The van der Waals surface area contributed by atoms with Crippen molar-refractivity contribution in [3.05, 3.63) is 0 Å². The summed E-state index contributed by atoms with van der Waals surface area (Å²) in [5.41, 5.74) is 0. The van der Waals surface area contributed by atoms with Crippen LogP contribution in [0.1, 0.15) is 46.5 Å². The molecule has 0 amide bonds. The van der Waals surface area contributed by atoms with Gasteiger partial charge in [0.05, 0.1) is 0 Å². The standard InChI is InChI=1S/C16H32N2/c1-4-18-9-5-6-14(3)16(12-18)15-10-13(2)7-8-17-11-15/h13-17H,4-12H2,1-3H3/t13-,14-,15?,16?/m1/s1. The minimum Gasteiger partial charge on any atom is -0.316 e. The van der Waals surface area contributed by atoms with Crippen LogP contribution < -0.4 is 5.32 Å². The van der Waals surface area contributed by atoms with Crippen LogP contribution in [0.25, 0.3) is 0 Å². The van der Waals surface area contributed by atoms with Crippen molar-refractivity contribution in [2.75, 3.05) is 32.7 Å². The molecule has 2 aliphatic rings. The highest BCUT2D eigenvalue weighted by Crippen LogP contribution is 2.33. The van der Waals surface area contributed by atoms with Gasteiger partial charge in [-0.15, -0.1) is 0 Å². The average molecular weight is 252 g/mol. The molecule has 0 aromatic rings. The van der Waals surface area contributed by atoms with Gasteiger partial charge in [0.15, 0.2) is 0 Å². The second-order valence-electron chi connectivity index (χ2n) is 6.77. The van der Waals surface area contributed by atoms with Crippen molar-refractivity contribution in [2.45, 2.75) is 46.5 Å². The second kappa shape index (κ2) is 6.91. The Labute approximate surface area is 114 Å². The first-order valence-corrected chi connectivity index (χ1v) is 8.13. The van der Waals surface area contributed by atoms with Gasteiger partial charge < -0.3 is 10.2 Å². The summed E-state index contributed by atoms with van der Waals surface area (Å²) in [5.74, 6) is 3.65. The van der Waals surface area contributed by atoms with Crippen LogP contribution in [0.2, 0.25) is 0 Å². The van der Waals surface area contributed by atoms with Crippen LogP contribution in [0.4, 0.5) is 0 Å². The van der Waals surface area contributed by atoms with Crippen molar-refractivity contribution in [2.24, 2.45) is 23.7 Å². The van der Waals surface area contributed by atoms with E-state index in [1.807, 2.05) is 0 Å². The second-order valence-corrected chi connectivity index (χ2v) is 6.77. The van der Waals surface area contributed by atoms with E-state index < -0.39 is 0 Å². The molecule has 1 N–H and O–H groups in total. The van der Waals surface area contributed by atoms with Crippen LogP contribution in [0.5, 0.6) is 0 Å². The summed E-state index contributed by atoms with van der Waals surface area (Å²) in [6.07, 6.45) is 5.65. The summed E-state index contributed by atoms with van der Waals surface area (Å²) in [6, 6.07) is 0. The molecule has 2 unspecified atom stereocenters. The Morgan fingerprint density at radius 2 is 2.06 bits per heavy atom. The summed E-state index contributed by atoms with van der Waals surface area (Å²) in [4.78, 5) is 2.68. The molecule has 0 saturated carbocycles. The quantitative estimate of drug-likeness (QED) is 0.813. The highest BCUT2D eigenvalue weighted by atomic mass is 15.1. The molecule has 0 bridgehead atoms. The molecular formula is C16H32N2. The molecule has 0 aliphatic carbocycles. The third-order valence-electron chi connectivity index (χ3n) is 5.31. The van der Waals surface area contributed by atoms with Gasteiger partial charge in [-0.05, 0) is 75.5 Å². The van der Waals surface area contributed by atoms with Crippen molar-refractivity contribution in [1.29, 1.82) is 0 Å². The number of nitrogens with zero attached hydrogens (tertiary/aromatic N) is 1. The lowest BCUT2D eigenvalue weighted by Gasteiger charge is -2.33. The molecule has 106 valence electrons. The zero-order chi connectivity index (χ0) is 13.0. The van der Waals surface area contributed by atoms with Gasteiger partial charge in [0.25, 0.3) is 0 Å². The molecule has 0 aromatic carbocycles. The molecule has 0 spiro atoms. The van der Waals surface area contributed by atoms with E-state index in [9.17, 15) is 0 Å². The lowest BCUT2D eigenvalue weighted by Crippen LogP contribution is -2.37. The highest BCUT2D eigenvalue weighted by Gasteiger charge is 2.31. The van der Waals surface area contributed by atoms with E-state index in [1.165, 1.54) is 58.4 Å². The van der Waals surface area contributed by atoms with E-state index in [0.29, 0.717) is 0 Å². The van der Waals surface area contributed by atoms with E-state index in [-0.39, 0.29) is 0 Å². The van der Waals surface area contributed by atoms with E-state index >= 15 is 0 Å². The molecule has 2 nitrogen and oxygen atoms in total. The zero-order valence-electron chi connectivity index (χ0n) is 12.6. The van der Waals surface area contributed by atoms with Crippen LogP contribution in [0, 0.1) is 23.7 Å². The summed E-state index contributed by atoms with van der Waals surface area (Å²) in [5, 5.41) is 3.68. The molecule has 2 heteroatoms. The van der Waals surface area contributed by atoms with Gasteiger partial charge in [-0.1, -0.05) is 20.8 Å². The fourth-order valence-electron chi connectivity index (χ4n) is 4.00. The topological polar surface area (TPSA) is 15.3 Å². The maximum absolute atomic E-state index is 3.68. The summed E-state index contributed by atoms with van der Waals surface area (Å²) < 4.78 is 0. The minimum absolute atomic E-state index is 0.907. The Morgan fingerprint density at radius 3 is 2.83 bits per heavy atom. The third kappa shape index (κ3) is 3.71. The van der Waals surface area contributed by atoms with Crippen molar-refractivity contribution >= 4 is 0 Å². The molecule has 4 atom stereocenters.